The lowest BCUT2D eigenvalue weighted by Gasteiger charge is -2.34. The Bertz CT molecular complexity index is 1170. The molecule has 5 rings (SSSR count). The topological polar surface area (TPSA) is 87.7 Å². The predicted octanol–water partition coefficient (Wildman–Crippen LogP) is 2.83. The number of imidazole rings is 1. The third-order valence-electron chi connectivity index (χ3n) is 5.05. The fraction of sp³-hybridized carbons (Fsp3) is 0.250. The number of amides is 1. The Morgan fingerprint density at radius 3 is 2.93 bits per heavy atom. The lowest BCUT2D eigenvalue weighted by atomic mass is 9.97. The van der Waals surface area contributed by atoms with Gasteiger partial charge in [0.15, 0.2) is 0 Å². The zero-order chi connectivity index (χ0) is 19.1. The molecule has 0 radical (unpaired) electrons. The van der Waals surface area contributed by atoms with Crippen molar-refractivity contribution in [3.8, 4) is 0 Å². The van der Waals surface area contributed by atoms with Crippen LogP contribution in [0.3, 0.4) is 0 Å². The first-order valence-corrected chi connectivity index (χ1v) is 9.96. The second-order valence-corrected chi connectivity index (χ2v) is 8.12. The van der Waals surface area contributed by atoms with Crippen LogP contribution >= 0.6 is 11.3 Å². The monoisotopic (exact) mass is 390 g/mol. The van der Waals surface area contributed by atoms with E-state index in [2.05, 4.69) is 37.3 Å². The summed E-state index contributed by atoms with van der Waals surface area (Å²) in [6.07, 6.45) is 4.55. The molecular weight excluding hydrogens is 372 g/mol. The fourth-order valence-electron chi connectivity index (χ4n) is 3.73. The largest absolute Gasteiger partial charge is 0.348 e. The number of carbonyl (C=O) groups is 1. The number of hydrogen-bond acceptors (Lipinski definition) is 6. The summed E-state index contributed by atoms with van der Waals surface area (Å²) in [5.74, 6) is 0.0183. The maximum absolute atomic E-state index is 13.2. The van der Waals surface area contributed by atoms with Crippen molar-refractivity contribution in [2.24, 2.45) is 0 Å². The van der Waals surface area contributed by atoms with Crippen LogP contribution < -0.4 is 0 Å². The standard InChI is InChI=1S/C20H18N6OS/c1-12-24-25-17(28-12)9-18(27)26-7-6-15-19(23-11-22-15)20(26)16-8-13-4-2-3-5-14(13)10-21-16/h2-5,8,10-11,20H,6-7,9H2,1H3,(H,22,23)/t20-/m1/s1. The van der Waals surface area contributed by atoms with Crippen molar-refractivity contribution in [2.75, 3.05) is 6.54 Å². The first-order chi connectivity index (χ1) is 13.7. The molecule has 0 aliphatic carbocycles. The van der Waals surface area contributed by atoms with Gasteiger partial charge in [-0.2, -0.15) is 0 Å². The molecule has 0 saturated heterocycles. The number of aryl methyl sites for hydroxylation is 1. The van der Waals surface area contributed by atoms with Gasteiger partial charge in [-0.25, -0.2) is 4.98 Å². The van der Waals surface area contributed by atoms with E-state index in [4.69, 9.17) is 0 Å². The van der Waals surface area contributed by atoms with E-state index in [1.165, 1.54) is 11.3 Å². The number of nitrogens with zero attached hydrogens (tertiary/aromatic N) is 5. The number of carbonyl (C=O) groups excluding carboxylic acids is 1. The number of nitrogens with one attached hydrogen (secondary N) is 1. The molecule has 3 aromatic heterocycles. The second-order valence-electron chi connectivity index (χ2n) is 6.85. The van der Waals surface area contributed by atoms with E-state index in [1.54, 1.807) is 6.33 Å². The minimum absolute atomic E-state index is 0.0183. The van der Waals surface area contributed by atoms with Gasteiger partial charge >= 0.3 is 0 Å². The highest BCUT2D eigenvalue weighted by Crippen LogP contribution is 2.34. The summed E-state index contributed by atoms with van der Waals surface area (Å²) in [5, 5.41) is 11.9. The van der Waals surface area contributed by atoms with E-state index in [0.29, 0.717) is 6.54 Å². The quantitative estimate of drug-likeness (QED) is 0.581. The Balaban J connectivity index is 1.55. The molecule has 1 aliphatic heterocycles. The molecule has 0 spiro atoms. The molecule has 140 valence electrons. The molecular formula is C20H18N6OS. The molecule has 0 unspecified atom stereocenters. The maximum atomic E-state index is 13.2. The molecule has 0 fully saturated rings. The van der Waals surface area contributed by atoms with Gasteiger partial charge in [0.05, 0.1) is 24.1 Å². The third-order valence-corrected chi connectivity index (χ3v) is 5.89. The van der Waals surface area contributed by atoms with Crippen LogP contribution in [0.2, 0.25) is 0 Å². The van der Waals surface area contributed by atoms with Crippen LogP contribution in [0.4, 0.5) is 0 Å². The molecule has 1 aliphatic rings. The first-order valence-electron chi connectivity index (χ1n) is 9.14. The number of pyridine rings is 1. The average Bonchev–Trinajstić information content (AvgIpc) is 3.35. The molecule has 4 heterocycles. The molecule has 1 atom stereocenters. The SMILES string of the molecule is Cc1nnc(CC(=O)N2CCc3[nH]cnc3[C@H]2c2cc3ccccc3cn2)s1. The zero-order valence-electron chi connectivity index (χ0n) is 15.3. The van der Waals surface area contributed by atoms with E-state index in [9.17, 15) is 4.79 Å². The molecule has 0 bridgehead atoms. The number of rotatable bonds is 3. The first kappa shape index (κ1) is 17.0. The summed E-state index contributed by atoms with van der Waals surface area (Å²) in [5.41, 5.74) is 2.76. The van der Waals surface area contributed by atoms with Crippen molar-refractivity contribution in [1.29, 1.82) is 0 Å². The van der Waals surface area contributed by atoms with Crippen LogP contribution in [-0.2, 0) is 17.6 Å². The minimum Gasteiger partial charge on any atom is -0.348 e. The summed E-state index contributed by atoms with van der Waals surface area (Å²) in [6.45, 7) is 2.51. The van der Waals surface area contributed by atoms with Gasteiger partial charge in [0.1, 0.15) is 16.1 Å². The molecule has 1 amide bonds. The van der Waals surface area contributed by atoms with Crippen LogP contribution in [-0.4, -0.2) is 42.5 Å². The van der Waals surface area contributed by atoms with E-state index >= 15 is 0 Å². The van der Waals surface area contributed by atoms with Crippen molar-refractivity contribution >= 4 is 28.0 Å². The Hall–Kier alpha value is -3.13. The molecule has 8 heteroatoms. The smallest absolute Gasteiger partial charge is 0.230 e. The van der Waals surface area contributed by atoms with E-state index < -0.39 is 0 Å². The Morgan fingerprint density at radius 1 is 1.25 bits per heavy atom. The van der Waals surface area contributed by atoms with Crippen molar-refractivity contribution in [2.45, 2.75) is 25.8 Å². The normalized spacial score (nSPS) is 16.3. The van der Waals surface area contributed by atoms with Crippen LogP contribution in [0.25, 0.3) is 10.8 Å². The minimum atomic E-state index is -0.305. The maximum Gasteiger partial charge on any atom is 0.230 e. The van der Waals surface area contributed by atoms with Crippen LogP contribution in [0.5, 0.6) is 0 Å². The van der Waals surface area contributed by atoms with Gasteiger partial charge in [0.2, 0.25) is 5.91 Å². The van der Waals surface area contributed by atoms with E-state index in [-0.39, 0.29) is 18.4 Å². The van der Waals surface area contributed by atoms with Gasteiger partial charge in [0.25, 0.3) is 0 Å². The Labute approximate surface area is 165 Å². The predicted molar refractivity (Wildman–Crippen MR) is 106 cm³/mol. The summed E-state index contributed by atoms with van der Waals surface area (Å²) in [4.78, 5) is 27.4. The Morgan fingerprint density at radius 2 is 2.11 bits per heavy atom. The highest BCUT2D eigenvalue weighted by molar-refractivity contribution is 7.11. The van der Waals surface area contributed by atoms with Crippen LogP contribution in [0.1, 0.15) is 33.1 Å². The van der Waals surface area contributed by atoms with Crippen molar-refractivity contribution in [1.82, 2.24) is 30.0 Å². The van der Waals surface area contributed by atoms with Crippen molar-refractivity contribution in [3.63, 3.8) is 0 Å². The third kappa shape index (κ3) is 2.95. The summed E-state index contributed by atoms with van der Waals surface area (Å²) in [7, 11) is 0. The molecule has 7 nitrogen and oxygen atoms in total. The number of H-pyrrole nitrogens is 1. The molecule has 1 aromatic carbocycles. The molecule has 28 heavy (non-hydrogen) atoms. The number of benzene rings is 1. The molecule has 1 N–H and O–H groups in total. The van der Waals surface area contributed by atoms with E-state index in [1.807, 2.05) is 36.2 Å². The highest BCUT2D eigenvalue weighted by Gasteiger charge is 2.35. The lowest BCUT2D eigenvalue weighted by molar-refractivity contribution is -0.132. The number of hydrogen-bond donors (Lipinski definition) is 1. The molecule has 4 aromatic rings. The van der Waals surface area contributed by atoms with Gasteiger partial charge in [-0.3, -0.25) is 9.78 Å². The lowest BCUT2D eigenvalue weighted by Crippen LogP contribution is -2.41. The number of aromatic amines is 1. The average molecular weight is 390 g/mol. The van der Waals surface area contributed by atoms with Crippen LogP contribution in [0.15, 0.2) is 42.9 Å². The van der Waals surface area contributed by atoms with Crippen molar-refractivity contribution in [3.05, 3.63) is 70.0 Å². The van der Waals surface area contributed by atoms with Gasteiger partial charge < -0.3 is 9.88 Å². The summed E-state index contributed by atoms with van der Waals surface area (Å²) >= 11 is 1.46. The van der Waals surface area contributed by atoms with Crippen molar-refractivity contribution < 1.29 is 4.79 Å². The van der Waals surface area contributed by atoms with E-state index in [0.717, 1.165) is 44.3 Å². The van der Waals surface area contributed by atoms with Crippen LogP contribution in [0, 0.1) is 6.92 Å². The Kier molecular flexibility index (Phi) is 4.12. The van der Waals surface area contributed by atoms with Gasteiger partial charge in [-0.15, -0.1) is 21.5 Å². The number of fused-ring (bicyclic) bond motifs is 2. The number of aromatic nitrogens is 5. The van der Waals surface area contributed by atoms with Gasteiger partial charge in [-0.05, 0) is 18.4 Å². The highest BCUT2D eigenvalue weighted by atomic mass is 32.1. The second kappa shape index (κ2) is 6.79. The zero-order valence-corrected chi connectivity index (χ0v) is 16.1. The summed E-state index contributed by atoms with van der Waals surface area (Å²) in [6, 6.07) is 9.85. The van der Waals surface area contributed by atoms with Gasteiger partial charge in [0, 0.05) is 30.2 Å². The summed E-state index contributed by atoms with van der Waals surface area (Å²) < 4.78 is 0. The molecule has 0 saturated carbocycles. The fourth-order valence-corrected chi connectivity index (χ4v) is 4.43. The van der Waals surface area contributed by atoms with Gasteiger partial charge in [-0.1, -0.05) is 24.3 Å².